The lowest BCUT2D eigenvalue weighted by molar-refractivity contribution is 0.0909. The molecule has 2 atom stereocenters. The van der Waals surface area contributed by atoms with Crippen molar-refractivity contribution in [2.75, 3.05) is 18.2 Å². The van der Waals surface area contributed by atoms with Crippen LogP contribution in [0.25, 0.3) is 0 Å². The van der Waals surface area contributed by atoms with Crippen LogP contribution in [0, 0.1) is 5.92 Å². The van der Waals surface area contributed by atoms with Gasteiger partial charge in [0.05, 0.1) is 18.5 Å². The molecule has 0 amide bonds. The van der Waals surface area contributed by atoms with E-state index in [0.29, 0.717) is 11.8 Å². The van der Waals surface area contributed by atoms with E-state index in [1.54, 1.807) is 0 Å². The van der Waals surface area contributed by atoms with Gasteiger partial charge in [-0.25, -0.2) is 13.1 Å². The maximum Gasteiger partial charge on any atom is 0.214 e. The van der Waals surface area contributed by atoms with Crippen LogP contribution in [0.2, 0.25) is 0 Å². The second kappa shape index (κ2) is 7.25. The zero-order chi connectivity index (χ0) is 14.5. The SMILES string of the molecule is CC1CCCC(CCl)(NS(=O)(=O)CCOC(C)C)C1. The van der Waals surface area contributed by atoms with Gasteiger partial charge in [0, 0.05) is 11.4 Å². The molecule has 19 heavy (non-hydrogen) atoms. The van der Waals surface area contributed by atoms with Gasteiger partial charge in [-0.1, -0.05) is 19.8 Å². The van der Waals surface area contributed by atoms with Crippen LogP contribution in [0.15, 0.2) is 0 Å². The van der Waals surface area contributed by atoms with E-state index in [2.05, 4.69) is 11.6 Å². The molecule has 1 rings (SSSR count). The van der Waals surface area contributed by atoms with Gasteiger partial charge < -0.3 is 4.74 Å². The predicted molar refractivity (Wildman–Crippen MR) is 79.1 cm³/mol. The zero-order valence-electron chi connectivity index (χ0n) is 12.1. The summed E-state index contributed by atoms with van der Waals surface area (Å²) < 4.78 is 32.3. The summed E-state index contributed by atoms with van der Waals surface area (Å²) in [5.74, 6) is 0.849. The van der Waals surface area contributed by atoms with Gasteiger partial charge >= 0.3 is 0 Å². The number of alkyl halides is 1. The maximum atomic E-state index is 12.1. The van der Waals surface area contributed by atoms with Crippen molar-refractivity contribution in [2.45, 2.75) is 58.1 Å². The monoisotopic (exact) mass is 311 g/mol. The molecule has 0 spiro atoms. The van der Waals surface area contributed by atoms with E-state index in [0.717, 1.165) is 25.7 Å². The number of hydrogen-bond acceptors (Lipinski definition) is 3. The zero-order valence-corrected chi connectivity index (χ0v) is 13.7. The Morgan fingerprint density at radius 1 is 1.47 bits per heavy atom. The minimum absolute atomic E-state index is 0.00179. The standard InChI is InChI=1S/C13H26ClNO3S/c1-11(2)18-7-8-19(16,17)15-13(10-14)6-4-5-12(3)9-13/h11-12,15H,4-10H2,1-3H3. The van der Waals surface area contributed by atoms with E-state index in [1.807, 2.05) is 13.8 Å². The number of halogens is 1. The van der Waals surface area contributed by atoms with Crippen molar-refractivity contribution in [2.24, 2.45) is 5.92 Å². The number of ether oxygens (including phenoxy) is 1. The van der Waals surface area contributed by atoms with Crippen LogP contribution in [0.5, 0.6) is 0 Å². The Morgan fingerprint density at radius 2 is 2.16 bits per heavy atom. The van der Waals surface area contributed by atoms with Crippen molar-refractivity contribution in [1.82, 2.24) is 4.72 Å². The second-order valence-electron chi connectivity index (χ2n) is 5.96. The van der Waals surface area contributed by atoms with Crippen molar-refractivity contribution in [3.8, 4) is 0 Å². The fourth-order valence-electron chi connectivity index (χ4n) is 2.68. The summed E-state index contributed by atoms with van der Waals surface area (Å²) in [6.07, 6.45) is 3.87. The van der Waals surface area contributed by atoms with Gasteiger partial charge in [0.1, 0.15) is 0 Å². The number of nitrogens with one attached hydrogen (secondary N) is 1. The quantitative estimate of drug-likeness (QED) is 0.735. The Hall–Kier alpha value is 0.160. The summed E-state index contributed by atoms with van der Waals surface area (Å²) in [6, 6.07) is 0. The smallest absolute Gasteiger partial charge is 0.214 e. The van der Waals surface area contributed by atoms with Gasteiger partial charge in [0.15, 0.2) is 0 Å². The minimum Gasteiger partial charge on any atom is -0.378 e. The third-order valence-electron chi connectivity index (χ3n) is 3.52. The Kier molecular flexibility index (Phi) is 6.57. The van der Waals surface area contributed by atoms with Gasteiger partial charge in [-0.05, 0) is 32.6 Å². The average molecular weight is 312 g/mol. The molecule has 0 aromatic rings. The molecule has 114 valence electrons. The normalized spacial score (nSPS) is 28.8. The molecule has 0 bridgehead atoms. The fraction of sp³-hybridized carbons (Fsp3) is 1.00. The van der Waals surface area contributed by atoms with Crippen LogP contribution in [-0.4, -0.2) is 38.3 Å². The molecule has 2 unspecified atom stereocenters. The summed E-state index contributed by atoms with van der Waals surface area (Å²) in [6.45, 7) is 6.16. The summed E-state index contributed by atoms with van der Waals surface area (Å²) in [5, 5.41) is 0. The molecule has 1 N–H and O–H groups in total. The first kappa shape index (κ1) is 17.2. The molecule has 1 aliphatic rings. The Labute approximate surface area is 122 Å². The van der Waals surface area contributed by atoms with E-state index >= 15 is 0 Å². The van der Waals surface area contributed by atoms with Gasteiger partial charge in [-0.15, -0.1) is 11.6 Å². The van der Waals surface area contributed by atoms with Crippen molar-refractivity contribution in [3.05, 3.63) is 0 Å². The van der Waals surface area contributed by atoms with E-state index in [-0.39, 0.29) is 18.5 Å². The highest BCUT2D eigenvalue weighted by molar-refractivity contribution is 7.89. The topological polar surface area (TPSA) is 55.4 Å². The molecule has 0 radical (unpaired) electrons. The lowest BCUT2D eigenvalue weighted by Gasteiger charge is -2.39. The molecule has 6 heteroatoms. The van der Waals surface area contributed by atoms with E-state index in [4.69, 9.17) is 16.3 Å². The molecule has 4 nitrogen and oxygen atoms in total. The second-order valence-corrected chi connectivity index (χ2v) is 8.07. The highest BCUT2D eigenvalue weighted by Crippen LogP contribution is 2.33. The summed E-state index contributed by atoms with van der Waals surface area (Å²) in [7, 11) is -3.33. The maximum absolute atomic E-state index is 12.1. The summed E-state index contributed by atoms with van der Waals surface area (Å²) >= 11 is 6.03. The Balaban J connectivity index is 2.58. The van der Waals surface area contributed by atoms with E-state index in [9.17, 15) is 8.42 Å². The molecule has 0 heterocycles. The van der Waals surface area contributed by atoms with E-state index < -0.39 is 15.6 Å². The lowest BCUT2D eigenvalue weighted by Crippen LogP contribution is -2.53. The molecule has 1 fully saturated rings. The Morgan fingerprint density at radius 3 is 2.68 bits per heavy atom. The minimum atomic E-state index is -3.33. The van der Waals surface area contributed by atoms with Crippen molar-refractivity contribution >= 4 is 21.6 Å². The highest BCUT2D eigenvalue weighted by Gasteiger charge is 2.37. The number of rotatable bonds is 7. The van der Waals surface area contributed by atoms with E-state index in [1.165, 1.54) is 0 Å². The molecule has 0 saturated heterocycles. The van der Waals surface area contributed by atoms with Crippen LogP contribution in [0.1, 0.15) is 46.5 Å². The third-order valence-corrected chi connectivity index (χ3v) is 5.48. The molecular weight excluding hydrogens is 286 g/mol. The Bertz CT molecular complexity index is 372. The van der Waals surface area contributed by atoms with Gasteiger partial charge in [0.2, 0.25) is 10.0 Å². The number of hydrogen-bond donors (Lipinski definition) is 1. The number of sulfonamides is 1. The molecule has 0 aromatic carbocycles. The van der Waals surface area contributed by atoms with Crippen LogP contribution >= 0.6 is 11.6 Å². The third kappa shape index (κ3) is 5.98. The van der Waals surface area contributed by atoms with Crippen LogP contribution < -0.4 is 4.72 Å². The largest absolute Gasteiger partial charge is 0.378 e. The van der Waals surface area contributed by atoms with Crippen LogP contribution in [0.4, 0.5) is 0 Å². The molecule has 1 saturated carbocycles. The molecule has 1 aliphatic carbocycles. The van der Waals surface area contributed by atoms with Gasteiger partial charge in [-0.3, -0.25) is 0 Å². The van der Waals surface area contributed by atoms with Crippen LogP contribution in [0.3, 0.4) is 0 Å². The first-order valence-corrected chi connectivity index (χ1v) is 9.16. The van der Waals surface area contributed by atoms with Crippen molar-refractivity contribution < 1.29 is 13.2 Å². The predicted octanol–water partition coefficient (Wildman–Crippen LogP) is 2.52. The summed E-state index contributed by atoms with van der Waals surface area (Å²) in [4.78, 5) is 0. The summed E-state index contributed by atoms with van der Waals surface area (Å²) in [5.41, 5.74) is -0.462. The first-order chi connectivity index (χ1) is 8.79. The fourth-order valence-corrected chi connectivity index (χ4v) is 4.40. The molecule has 0 aromatic heterocycles. The van der Waals surface area contributed by atoms with Gasteiger partial charge in [0.25, 0.3) is 0 Å². The van der Waals surface area contributed by atoms with Gasteiger partial charge in [-0.2, -0.15) is 0 Å². The highest BCUT2D eigenvalue weighted by atomic mass is 35.5. The molecule has 0 aliphatic heterocycles. The van der Waals surface area contributed by atoms with Crippen molar-refractivity contribution in [3.63, 3.8) is 0 Å². The molecular formula is C13H26ClNO3S. The average Bonchev–Trinajstić information content (AvgIpc) is 2.27. The lowest BCUT2D eigenvalue weighted by atomic mass is 9.78. The first-order valence-electron chi connectivity index (χ1n) is 6.98. The van der Waals surface area contributed by atoms with Crippen molar-refractivity contribution in [1.29, 1.82) is 0 Å². The van der Waals surface area contributed by atoms with Crippen LogP contribution in [-0.2, 0) is 14.8 Å².